The third-order valence-electron chi connectivity index (χ3n) is 5.69. The Kier molecular flexibility index (Phi) is 5.60. The first-order chi connectivity index (χ1) is 15.7. The molecule has 164 valence electrons. The molecule has 0 unspecified atom stereocenters. The molecule has 1 aliphatic heterocycles. The average molecular weight is 431 g/mol. The quantitative estimate of drug-likeness (QED) is 0.461. The average Bonchev–Trinajstić information content (AvgIpc) is 3.46. The summed E-state index contributed by atoms with van der Waals surface area (Å²) in [6, 6.07) is 17.9. The van der Waals surface area contributed by atoms with Crippen molar-refractivity contribution in [3.05, 3.63) is 60.2 Å². The van der Waals surface area contributed by atoms with Crippen molar-refractivity contribution >= 4 is 22.8 Å². The predicted octanol–water partition coefficient (Wildman–Crippen LogP) is 3.72. The van der Waals surface area contributed by atoms with E-state index in [1.807, 2.05) is 54.6 Å². The molecule has 32 heavy (non-hydrogen) atoms. The van der Waals surface area contributed by atoms with Crippen molar-refractivity contribution < 1.29 is 9.47 Å². The van der Waals surface area contributed by atoms with E-state index in [0.717, 1.165) is 30.6 Å². The monoisotopic (exact) mass is 430 g/mol. The van der Waals surface area contributed by atoms with Gasteiger partial charge in [-0.25, -0.2) is 9.67 Å². The number of aromatic nitrogens is 4. The van der Waals surface area contributed by atoms with Gasteiger partial charge in [-0.15, -0.1) is 5.10 Å². The summed E-state index contributed by atoms with van der Waals surface area (Å²) in [6.45, 7) is 2.00. The molecular weight excluding hydrogens is 404 g/mol. The Bertz CT molecular complexity index is 1220. The van der Waals surface area contributed by atoms with E-state index in [2.05, 4.69) is 10.3 Å². The number of nitrogens with zero attached hydrogens (tertiary/aromatic N) is 4. The number of nitrogen functional groups attached to an aromatic ring is 1. The van der Waals surface area contributed by atoms with E-state index in [0.29, 0.717) is 47.3 Å². The largest absolute Gasteiger partial charge is 0.496 e. The van der Waals surface area contributed by atoms with Gasteiger partial charge < -0.3 is 20.5 Å². The molecule has 1 aliphatic rings. The van der Waals surface area contributed by atoms with Crippen molar-refractivity contribution in [2.24, 2.45) is 0 Å². The van der Waals surface area contributed by atoms with Crippen LogP contribution in [0.5, 0.6) is 5.75 Å². The van der Waals surface area contributed by atoms with Crippen LogP contribution in [-0.4, -0.2) is 46.1 Å². The summed E-state index contributed by atoms with van der Waals surface area (Å²) in [5.41, 5.74) is 9.77. The van der Waals surface area contributed by atoms with Crippen LogP contribution >= 0.6 is 0 Å². The summed E-state index contributed by atoms with van der Waals surface area (Å²) in [6.07, 6.45) is 2.29. The fraction of sp³-hybridized carbons (Fsp3) is 0.292. The molecule has 1 fully saturated rings. The zero-order valence-electron chi connectivity index (χ0n) is 18.0. The zero-order chi connectivity index (χ0) is 21.9. The molecule has 8 heteroatoms. The van der Waals surface area contributed by atoms with Crippen molar-refractivity contribution in [1.29, 1.82) is 0 Å². The first kappa shape index (κ1) is 20.3. The Labute approximate surface area is 186 Å². The van der Waals surface area contributed by atoms with Crippen LogP contribution in [-0.2, 0) is 11.3 Å². The first-order valence-electron chi connectivity index (χ1n) is 10.8. The molecule has 8 nitrogen and oxygen atoms in total. The minimum Gasteiger partial charge on any atom is -0.496 e. The number of ether oxygens (including phenoxy) is 2. The maximum atomic E-state index is 6.58. The van der Waals surface area contributed by atoms with Gasteiger partial charge in [-0.05, 0) is 30.5 Å². The number of fused-ring (bicyclic) bond motifs is 1. The molecule has 3 N–H and O–H groups in total. The Morgan fingerprint density at radius 3 is 2.72 bits per heavy atom. The molecule has 1 saturated heterocycles. The summed E-state index contributed by atoms with van der Waals surface area (Å²) in [5, 5.41) is 8.76. The van der Waals surface area contributed by atoms with Crippen LogP contribution < -0.4 is 15.8 Å². The number of hydrogen-bond donors (Lipinski definition) is 2. The van der Waals surface area contributed by atoms with Crippen LogP contribution in [0.4, 0.5) is 11.8 Å². The fourth-order valence-electron chi connectivity index (χ4n) is 4.06. The highest BCUT2D eigenvalue weighted by atomic mass is 16.5. The highest BCUT2D eigenvalue weighted by Crippen LogP contribution is 2.36. The summed E-state index contributed by atoms with van der Waals surface area (Å²) in [4.78, 5) is 9.50. The molecule has 5 rings (SSSR count). The second-order valence-electron chi connectivity index (χ2n) is 7.84. The first-order valence-corrected chi connectivity index (χ1v) is 10.8. The number of hydrogen-bond acceptors (Lipinski definition) is 7. The van der Waals surface area contributed by atoms with E-state index in [9.17, 15) is 0 Å². The Hall–Kier alpha value is -3.65. The van der Waals surface area contributed by atoms with Crippen molar-refractivity contribution in [1.82, 2.24) is 19.7 Å². The second kappa shape index (κ2) is 8.84. The number of nitrogens with one attached hydrogen (secondary N) is 1. The molecule has 4 aromatic rings. The molecule has 0 spiro atoms. The highest BCUT2D eigenvalue weighted by molar-refractivity contribution is 6.00. The van der Waals surface area contributed by atoms with Crippen LogP contribution in [0.25, 0.3) is 22.3 Å². The van der Waals surface area contributed by atoms with E-state index in [1.165, 1.54) is 0 Å². The molecule has 0 radical (unpaired) electrons. The van der Waals surface area contributed by atoms with E-state index in [4.69, 9.17) is 25.3 Å². The summed E-state index contributed by atoms with van der Waals surface area (Å²) < 4.78 is 13.1. The van der Waals surface area contributed by atoms with Crippen LogP contribution in [0.1, 0.15) is 18.4 Å². The van der Waals surface area contributed by atoms with Crippen LogP contribution in [0, 0.1) is 0 Å². The molecule has 0 aliphatic carbocycles. The number of nitrogens with two attached hydrogens (primary N) is 1. The lowest BCUT2D eigenvalue weighted by Crippen LogP contribution is -2.19. The summed E-state index contributed by atoms with van der Waals surface area (Å²) in [7, 11) is 1.65. The van der Waals surface area contributed by atoms with Gasteiger partial charge in [0.2, 0.25) is 5.95 Å². The summed E-state index contributed by atoms with van der Waals surface area (Å²) in [5.74, 6) is 1.74. The van der Waals surface area contributed by atoms with Crippen molar-refractivity contribution in [2.45, 2.75) is 25.5 Å². The molecule has 0 amide bonds. The molecule has 3 heterocycles. The smallest absolute Gasteiger partial charge is 0.225 e. The molecule has 0 saturated carbocycles. The third kappa shape index (κ3) is 3.97. The topological polar surface area (TPSA) is 100 Å². The molecule has 2 aromatic heterocycles. The van der Waals surface area contributed by atoms with Gasteiger partial charge in [0.05, 0.1) is 30.8 Å². The predicted molar refractivity (Wildman–Crippen MR) is 125 cm³/mol. The SMILES string of the molecule is COc1ccccc1-c1nc(NC[C@@H]2CCCO2)nc2nn(Cc3ccccc3)c(N)c12. The number of benzene rings is 2. The number of methoxy groups -OCH3 is 1. The van der Waals surface area contributed by atoms with Crippen molar-refractivity contribution in [2.75, 3.05) is 31.3 Å². The van der Waals surface area contributed by atoms with Crippen LogP contribution in [0.2, 0.25) is 0 Å². The molecular formula is C24H26N6O2. The van der Waals surface area contributed by atoms with Gasteiger partial charge in [-0.3, -0.25) is 0 Å². The maximum Gasteiger partial charge on any atom is 0.225 e. The second-order valence-corrected chi connectivity index (χ2v) is 7.84. The Balaban J connectivity index is 1.60. The maximum absolute atomic E-state index is 6.58. The molecule has 0 bridgehead atoms. The number of para-hydroxylation sites is 1. The summed E-state index contributed by atoms with van der Waals surface area (Å²) >= 11 is 0. The Morgan fingerprint density at radius 2 is 1.94 bits per heavy atom. The lowest BCUT2D eigenvalue weighted by Gasteiger charge is -2.13. The van der Waals surface area contributed by atoms with Gasteiger partial charge in [-0.2, -0.15) is 4.98 Å². The highest BCUT2D eigenvalue weighted by Gasteiger charge is 2.21. The lowest BCUT2D eigenvalue weighted by atomic mass is 10.1. The van der Waals surface area contributed by atoms with Crippen molar-refractivity contribution in [3.8, 4) is 17.0 Å². The zero-order valence-corrected chi connectivity index (χ0v) is 18.0. The van der Waals surface area contributed by atoms with E-state index in [-0.39, 0.29) is 6.10 Å². The molecule has 2 aromatic carbocycles. The number of rotatable bonds is 7. The van der Waals surface area contributed by atoms with Gasteiger partial charge in [0.25, 0.3) is 0 Å². The van der Waals surface area contributed by atoms with E-state index < -0.39 is 0 Å². The molecule has 1 atom stereocenters. The van der Waals surface area contributed by atoms with Gasteiger partial charge in [0.1, 0.15) is 11.6 Å². The van der Waals surface area contributed by atoms with Crippen LogP contribution in [0.3, 0.4) is 0 Å². The van der Waals surface area contributed by atoms with Gasteiger partial charge >= 0.3 is 0 Å². The number of anilines is 2. The van der Waals surface area contributed by atoms with Gasteiger partial charge in [-0.1, -0.05) is 42.5 Å². The van der Waals surface area contributed by atoms with Crippen molar-refractivity contribution in [3.63, 3.8) is 0 Å². The Morgan fingerprint density at radius 1 is 1.12 bits per heavy atom. The normalized spacial score (nSPS) is 15.8. The van der Waals surface area contributed by atoms with E-state index in [1.54, 1.807) is 11.8 Å². The minimum atomic E-state index is 0.171. The van der Waals surface area contributed by atoms with Crippen LogP contribution in [0.15, 0.2) is 54.6 Å². The van der Waals surface area contributed by atoms with E-state index >= 15 is 0 Å². The third-order valence-corrected chi connectivity index (χ3v) is 5.69. The van der Waals surface area contributed by atoms with Gasteiger partial charge in [0, 0.05) is 18.7 Å². The lowest BCUT2D eigenvalue weighted by molar-refractivity contribution is 0.120. The minimum absolute atomic E-state index is 0.171. The standard InChI is InChI=1S/C24H26N6O2/c1-31-19-12-6-5-11-18(19)21-20-22(25)30(15-16-8-3-2-4-9-16)29-23(20)28-24(27-21)26-14-17-10-7-13-32-17/h2-6,8-9,11-12,17H,7,10,13-15,25H2,1H3,(H,26,28,29)/t17-/m0/s1. The fourth-order valence-corrected chi connectivity index (χ4v) is 4.06. The van der Waals surface area contributed by atoms with Gasteiger partial charge in [0.15, 0.2) is 5.65 Å².